The first kappa shape index (κ1) is 22.7. The van der Waals surface area contributed by atoms with E-state index in [1.165, 1.54) is 12.5 Å². The molecule has 0 bridgehead atoms. The van der Waals surface area contributed by atoms with Crippen molar-refractivity contribution in [3.63, 3.8) is 0 Å². The van der Waals surface area contributed by atoms with Gasteiger partial charge in [0.2, 0.25) is 5.91 Å². The first-order valence-electron chi connectivity index (χ1n) is 8.84. The molecule has 26 heavy (non-hydrogen) atoms. The second kappa shape index (κ2) is 12.9. The van der Waals surface area contributed by atoms with Crippen molar-refractivity contribution in [1.29, 1.82) is 0 Å². The second-order valence-electron chi connectivity index (χ2n) is 6.13. The van der Waals surface area contributed by atoms with Crippen LogP contribution in [0.3, 0.4) is 0 Å². The molecule has 4 N–H and O–H groups in total. The molecule has 1 aromatic carbocycles. The number of halogens is 1. The molecular weight excluding hydrogens is 445 g/mol. The van der Waals surface area contributed by atoms with Crippen LogP contribution >= 0.6 is 24.0 Å². The van der Waals surface area contributed by atoms with E-state index in [0.717, 1.165) is 64.5 Å². The minimum atomic E-state index is -0.0629. The first-order valence-corrected chi connectivity index (χ1v) is 8.84. The summed E-state index contributed by atoms with van der Waals surface area (Å²) in [4.78, 5) is 17.7. The predicted octanol–water partition coefficient (Wildman–Crippen LogP) is 1.43. The Hall–Kier alpha value is -1.39. The number of morpholine rings is 1. The number of anilines is 1. The summed E-state index contributed by atoms with van der Waals surface area (Å²) in [6.07, 6.45) is 1.86. The molecule has 0 aliphatic carbocycles. The Balaban J connectivity index is 0.00000338. The summed E-state index contributed by atoms with van der Waals surface area (Å²) in [7, 11) is 0. The van der Waals surface area contributed by atoms with Gasteiger partial charge in [0, 0.05) is 45.3 Å². The lowest BCUT2D eigenvalue weighted by molar-refractivity contribution is -0.114. The van der Waals surface area contributed by atoms with E-state index in [4.69, 9.17) is 10.5 Å². The highest BCUT2D eigenvalue weighted by Crippen LogP contribution is 2.09. The third kappa shape index (κ3) is 9.35. The zero-order valence-corrected chi connectivity index (χ0v) is 17.7. The number of benzene rings is 1. The van der Waals surface area contributed by atoms with Crippen LogP contribution in [0, 0.1) is 0 Å². The molecule has 1 fully saturated rings. The Morgan fingerprint density at radius 1 is 1.27 bits per heavy atom. The molecule has 0 atom stereocenters. The van der Waals surface area contributed by atoms with Crippen LogP contribution in [0.1, 0.15) is 18.9 Å². The third-order valence-electron chi connectivity index (χ3n) is 4.01. The van der Waals surface area contributed by atoms with Gasteiger partial charge in [-0.2, -0.15) is 0 Å². The van der Waals surface area contributed by atoms with Crippen LogP contribution in [-0.4, -0.2) is 62.7 Å². The normalized spacial score (nSPS) is 15.2. The maximum absolute atomic E-state index is 11.0. The Kier molecular flexibility index (Phi) is 11.2. The lowest BCUT2D eigenvalue weighted by Gasteiger charge is -2.26. The number of ether oxygens (including phenoxy) is 1. The zero-order valence-electron chi connectivity index (χ0n) is 15.4. The van der Waals surface area contributed by atoms with Crippen molar-refractivity contribution >= 4 is 41.5 Å². The van der Waals surface area contributed by atoms with E-state index in [1.807, 2.05) is 24.3 Å². The number of hydrogen-bond donors (Lipinski definition) is 3. The molecule has 146 valence electrons. The molecule has 1 heterocycles. The molecule has 0 aromatic heterocycles. The van der Waals surface area contributed by atoms with Crippen LogP contribution in [0.2, 0.25) is 0 Å². The fourth-order valence-corrected chi connectivity index (χ4v) is 2.67. The Morgan fingerprint density at radius 3 is 2.62 bits per heavy atom. The summed E-state index contributed by atoms with van der Waals surface area (Å²) >= 11 is 0. The van der Waals surface area contributed by atoms with Crippen molar-refractivity contribution in [1.82, 2.24) is 10.2 Å². The topological polar surface area (TPSA) is 92.0 Å². The average Bonchev–Trinajstić information content (AvgIpc) is 2.61. The number of carbonyl (C=O) groups is 1. The van der Waals surface area contributed by atoms with Gasteiger partial charge in [-0.05, 0) is 30.5 Å². The van der Waals surface area contributed by atoms with Gasteiger partial charge in [0.1, 0.15) is 0 Å². The van der Waals surface area contributed by atoms with E-state index < -0.39 is 0 Å². The van der Waals surface area contributed by atoms with E-state index in [0.29, 0.717) is 5.96 Å². The quantitative estimate of drug-likeness (QED) is 0.229. The molecule has 0 spiro atoms. The number of nitrogens with two attached hydrogens (primary N) is 1. The van der Waals surface area contributed by atoms with Crippen LogP contribution < -0.4 is 16.4 Å². The van der Waals surface area contributed by atoms with Crippen molar-refractivity contribution in [2.24, 2.45) is 10.7 Å². The molecule has 1 aliphatic heterocycles. The summed E-state index contributed by atoms with van der Waals surface area (Å²) in [6, 6.07) is 7.81. The smallest absolute Gasteiger partial charge is 0.221 e. The SMILES string of the molecule is CC(=O)Nc1ccc(CCNC(N)=NCCCN2CCOCC2)cc1.I. The second-order valence-corrected chi connectivity index (χ2v) is 6.13. The fourth-order valence-electron chi connectivity index (χ4n) is 2.67. The molecular formula is C18H30IN5O2. The molecule has 0 radical (unpaired) electrons. The predicted molar refractivity (Wildman–Crippen MR) is 116 cm³/mol. The van der Waals surface area contributed by atoms with E-state index in [1.54, 1.807) is 0 Å². The van der Waals surface area contributed by atoms with Gasteiger partial charge in [-0.25, -0.2) is 0 Å². The van der Waals surface area contributed by atoms with Crippen molar-refractivity contribution in [2.45, 2.75) is 19.8 Å². The minimum Gasteiger partial charge on any atom is -0.379 e. The highest BCUT2D eigenvalue weighted by Gasteiger charge is 2.08. The van der Waals surface area contributed by atoms with E-state index in [-0.39, 0.29) is 29.9 Å². The van der Waals surface area contributed by atoms with Crippen molar-refractivity contribution in [3.8, 4) is 0 Å². The third-order valence-corrected chi connectivity index (χ3v) is 4.01. The number of guanidine groups is 1. The summed E-state index contributed by atoms with van der Waals surface area (Å²) in [5.41, 5.74) is 7.89. The van der Waals surface area contributed by atoms with Gasteiger partial charge in [-0.3, -0.25) is 14.7 Å². The van der Waals surface area contributed by atoms with Gasteiger partial charge >= 0.3 is 0 Å². The standard InChI is InChI=1S/C18H29N5O2.HI/c1-15(24)22-17-5-3-16(4-6-17)7-9-21-18(19)20-8-2-10-23-11-13-25-14-12-23;/h3-6H,2,7-14H2,1H3,(H,22,24)(H3,19,20,21);1H. The number of hydrogen-bond acceptors (Lipinski definition) is 4. The van der Waals surface area contributed by atoms with Crippen molar-refractivity contribution in [3.05, 3.63) is 29.8 Å². The van der Waals surface area contributed by atoms with E-state index in [9.17, 15) is 4.79 Å². The number of rotatable bonds is 8. The van der Waals surface area contributed by atoms with Crippen LogP contribution in [0.25, 0.3) is 0 Å². The minimum absolute atomic E-state index is 0. The summed E-state index contributed by atoms with van der Waals surface area (Å²) in [5, 5.41) is 5.90. The van der Waals surface area contributed by atoms with Crippen molar-refractivity contribution in [2.75, 3.05) is 51.3 Å². The van der Waals surface area contributed by atoms with Gasteiger partial charge < -0.3 is 21.1 Å². The van der Waals surface area contributed by atoms with Crippen LogP contribution in [0.4, 0.5) is 5.69 Å². The van der Waals surface area contributed by atoms with Gasteiger partial charge in [0.15, 0.2) is 5.96 Å². The monoisotopic (exact) mass is 475 g/mol. The van der Waals surface area contributed by atoms with E-state index >= 15 is 0 Å². The van der Waals surface area contributed by atoms with E-state index in [2.05, 4.69) is 20.5 Å². The van der Waals surface area contributed by atoms with Gasteiger partial charge in [0.05, 0.1) is 13.2 Å². The summed E-state index contributed by atoms with van der Waals surface area (Å²) in [6.45, 7) is 7.70. The summed E-state index contributed by atoms with van der Waals surface area (Å²) < 4.78 is 5.33. The molecule has 2 rings (SSSR count). The maximum atomic E-state index is 11.0. The Bertz CT molecular complexity index is 559. The van der Waals surface area contributed by atoms with Crippen LogP contribution in [0.5, 0.6) is 0 Å². The number of nitrogens with zero attached hydrogens (tertiary/aromatic N) is 2. The van der Waals surface area contributed by atoms with Crippen LogP contribution in [-0.2, 0) is 16.0 Å². The molecule has 1 aromatic rings. The first-order chi connectivity index (χ1) is 12.1. The Labute approximate surface area is 172 Å². The molecule has 1 saturated heterocycles. The number of carbonyl (C=O) groups excluding carboxylic acids is 1. The largest absolute Gasteiger partial charge is 0.379 e. The number of nitrogens with one attached hydrogen (secondary N) is 2. The van der Waals surface area contributed by atoms with Gasteiger partial charge in [0.25, 0.3) is 0 Å². The Morgan fingerprint density at radius 2 is 1.96 bits per heavy atom. The molecule has 1 amide bonds. The lowest BCUT2D eigenvalue weighted by Crippen LogP contribution is -2.37. The molecule has 0 saturated carbocycles. The lowest BCUT2D eigenvalue weighted by atomic mass is 10.1. The molecule has 0 unspecified atom stereocenters. The number of aliphatic imine (C=N–C) groups is 1. The highest BCUT2D eigenvalue weighted by molar-refractivity contribution is 14.0. The van der Waals surface area contributed by atoms with Gasteiger partial charge in [-0.15, -0.1) is 24.0 Å². The van der Waals surface area contributed by atoms with Gasteiger partial charge in [-0.1, -0.05) is 12.1 Å². The molecule has 7 nitrogen and oxygen atoms in total. The molecule has 8 heteroatoms. The maximum Gasteiger partial charge on any atom is 0.221 e. The number of amides is 1. The zero-order chi connectivity index (χ0) is 17.9. The summed E-state index contributed by atoms with van der Waals surface area (Å²) in [5.74, 6) is 0.434. The van der Waals surface area contributed by atoms with Crippen molar-refractivity contribution < 1.29 is 9.53 Å². The highest BCUT2D eigenvalue weighted by atomic mass is 127. The average molecular weight is 475 g/mol. The molecule has 1 aliphatic rings. The van der Waals surface area contributed by atoms with Crippen LogP contribution in [0.15, 0.2) is 29.3 Å². The fraction of sp³-hybridized carbons (Fsp3) is 0.556.